The third kappa shape index (κ3) is 6.99. The Hall–Kier alpha value is -2.61. The second-order valence-electron chi connectivity index (χ2n) is 9.80. The number of ketones is 1. The number of carbonyl (C=O) groups excluding carboxylic acids is 1. The van der Waals surface area contributed by atoms with Crippen LogP contribution in [0.15, 0.2) is 48.5 Å². The second-order valence-corrected chi connectivity index (χ2v) is 9.80. The summed E-state index contributed by atoms with van der Waals surface area (Å²) in [6, 6.07) is 13.4. The van der Waals surface area contributed by atoms with Gasteiger partial charge in [0, 0.05) is 38.0 Å². The molecule has 0 spiro atoms. The van der Waals surface area contributed by atoms with E-state index < -0.39 is 18.7 Å². The lowest BCUT2D eigenvalue weighted by molar-refractivity contribution is -0.153. The van der Waals surface area contributed by atoms with Crippen LogP contribution in [-0.4, -0.2) is 56.2 Å². The van der Waals surface area contributed by atoms with Crippen LogP contribution in [0.1, 0.15) is 50.0 Å². The number of hydrogen-bond donors (Lipinski definition) is 0. The lowest BCUT2D eigenvalue weighted by Gasteiger charge is -2.37. The Bertz CT molecular complexity index is 999. The number of hydrogen-bond acceptors (Lipinski definition) is 4. The van der Waals surface area contributed by atoms with Gasteiger partial charge in [-0.05, 0) is 49.6 Å². The minimum absolute atomic E-state index is 0.00778. The van der Waals surface area contributed by atoms with Crippen molar-refractivity contribution in [2.45, 2.75) is 50.6 Å². The molecule has 2 aromatic carbocycles. The van der Waals surface area contributed by atoms with Crippen LogP contribution >= 0.6 is 0 Å². The van der Waals surface area contributed by atoms with Crippen molar-refractivity contribution in [1.29, 1.82) is 0 Å². The monoisotopic (exact) mass is 506 g/mol. The third-order valence-electron chi connectivity index (χ3n) is 7.34. The van der Waals surface area contributed by atoms with Crippen molar-refractivity contribution in [3.05, 3.63) is 59.9 Å². The minimum Gasteiger partial charge on any atom is -0.482 e. The first-order valence-corrected chi connectivity index (χ1v) is 12.9. The van der Waals surface area contributed by atoms with Crippen LogP contribution in [0.4, 0.5) is 23.2 Å². The minimum atomic E-state index is -4.39. The molecule has 1 saturated carbocycles. The van der Waals surface area contributed by atoms with E-state index >= 15 is 0 Å². The first-order valence-electron chi connectivity index (χ1n) is 12.9. The molecule has 0 N–H and O–H groups in total. The number of anilines is 1. The fraction of sp³-hybridized carbons (Fsp3) is 0.536. The molecule has 0 radical (unpaired) electrons. The maximum absolute atomic E-state index is 14.7. The Morgan fingerprint density at radius 3 is 2.31 bits per heavy atom. The van der Waals surface area contributed by atoms with Gasteiger partial charge in [0.25, 0.3) is 0 Å². The number of ether oxygens (including phenoxy) is 1. The number of benzene rings is 2. The van der Waals surface area contributed by atoms with E-state index in [1.807, 2.05) is 4.90 Å². The standard InChI is InChI=1S/C28H34F4N2O2/c29-24-11-5-4-10-22(24)23(27(35)21-8-2-1-3-9-21)14-15-33-16-18-34(19-17-33)25-12-6-7-13-26(25)36-20-28(30,31)32/h4-7,10-13,21,23H,1-3,8-9,14-20H2. The highest BCUT2D eigenvalue weighted by molar-refractivity contribution is 5.88. The van der Waals surface area contributed by atoms with Crippen molar-refractivity contribution in [3.8, 4) is 5.75 Å². The summed E-state index contributed by atoms with van der Waals surface area (Å²) in [7, 11) is 0. The van der Waals surface area contributed by atoms with Crippen molar-refractivity contribution in [1.82, 2.24) is 4.90 Å². The molecule has 2 fully saturated rings. The summed E-state index contributed by atoms with van der Waals surface area (Å²) in [6.07, 6.45) is 1.20. The highest BCUT2D eigenvalue weighted by atomic mass is 19.4. The molecule has 0 bridgehead atoms. The Balaban J connectivity index is 1.37. The quantitative estimate of drug-likeness (QED) is 0.379. The molecule has 1 saturated heterocycles. The number of alkyl halides is 3. The molecular formula is C28H34F4N2O2. The Labute approximate surface area is 210 Å². The van der Waals surface area contributed by atoms with Crippen LogP contribution < -0.4 is 9.64 Å². The SMILES string of the molecule is O=C(C1CCCCC1)C(CCN1CCN(c2ccccc2OCC(F)(F)F)CC1)c1ccccc1F. The molecular weight excluding hydrogens is 472 g/mol. The van der Waals surface area contributed by atoms with E-state index in [4.69, 9.17) is 4.74 Å². The lowest BCUT2D eigenvalue weighted by atomic mass is 9.78. The van der Waals surface area contributed by atoms with E-state index in [0.29, 0.717) is 50.4 Å². The van der Waals surface area contributed by atoms with Gasteiger partial charge in [-0.1, -0.05) is 49.6 Å². The first kappa shape index (κ1) is 26.5. The summed E-state index contributed by atoms with van der Waals surface area (Å²) in [5.41, 5.74) is 1.14. The molecule has 196 valence electrons. The van der Waals surface area contributed by atoms with E-state index in [0.717, 1.165) is 32.1 Å². The van der Waals surface area contributed by atoms with Gasteiger partial charge in [-0.15, -0.1) is 0 Å². The van der Waals surface area contributed by atoms with Gasteiger partial charge in [-0.2, -0.15) is 13.2 Å². The van der Waals surface area contributed by atoms with Crippen molar-refractivity contribution in [2.75, 3.05) is 44.2 Å². The molecule has 1 atom stereocenters. The largest absolute Gasteiger partial charge is 0.482 e. The van der Waals surface area contributed by atoms with E-state index in [1.54, 1.807) is 42.5 Å². The normalized spacial score (nSPS) is 18.7. The smallest absolute Gasteiger partial charge is 0.422 e. The Morgan fingerprint density at radius 2 is 1.61 bits per heavy atom. The molecule has 8 heteroatoms. The van der Waals surface area contributed by atoms with E-state index in [9.17, 15) is 22.4 Å². The molecule has 2 aliphatic rings. The van der Waals surface area contributed by atoms with Crippen LogP contribution in [-0.2, 0) is 4.79 Å². The number of Topliss-reactive ketones (excluding diaryl/α,β-unsaturated/α-hetero) is 1. The lowest BCUT2D eigenvalue weighted by Crippen LogP contribution is -2.47. The first-order chi connectivity index (χ1) is 17.3. The molecule has 2 aromatic rings. The summed E-state index contributed by atoms with van der Waals surface area (Å²) >= 11 is 0. The third-order valence-corrected chi connectivity index (χ3v) is 7.34. The van der Waals surface area contributed by atoms with Crippen LogP contribution in [0, 0.1) is 11.7 Å². The average molecular weight is 507 g/mol. The number of para-hydroxylation sites is 2. The van der Waals surface area contributed by atoms with Crippen LogP contribution in [0.25, 0.3) is 0 Å². The van der Waals surface area contributed by atoms with E-state index in [1.165, 1.54) is 6.07 Å². The number of carbonyl (C=O) groups is 1. The maximum Gasteiger partial charge on any atom is 0.422 e. The molecule has 4 nitrogen and oxygen atoms in total. The van der Waals surface area contributed by atoms with Gasteiger partial charge in [0.1, 0.15) is 17.3 Å². The predicted molar refractivity (Wildman–Crippen MR) is 132 cm³/mol. The Morgan fingerprint density at radius 1 is 0.944 bits per heavy atom. The fourth-order valence-electron chi connectivity index (χ4n) is 5.40. The molecule has 4 rings (SSSR count). The highest BCUT2D eigenvalue weighted by Gasteiger charge is 2.32. The van der Waals surface area contributed by atoms with Crippen molar-refractivity contribution >= 4 is 11.5 Å². The molecule has 0 aromatic heterocycles. The summed E-state index contributed by atoms with van der Waals surface area (Å²) in [4.78, 5) is 17.7. The van der Waals surface area contributed by atoms with Crippen LogP contribution in [0.2, 0.25) is 0 Å². The molecule has 0 amide bonds. The zero-order chi connectivity index (χ0) is 25.5. The zero-order valence-corrected chi connectivity index (χ0v) is 20.5. The summed E-state index contributed by atoms with van der Waals surface area (Å²) in [5.74, 6) is -0.390. The Kier molecular flexibility index (Phi) is 8.88. The zero-order valence-electron chi connectivity index (χ0n) is 20.5. The number of rotatable bonds is 9. The molecule has 1 aliphatic carbocycles. The van der Waals surface area contributed by atoms with E-state index in [2.05, 4.69) is 4.90 Å². The van der Waals surface area contributed by atoms with Gasteiger partial charge in [0.2, 0.25) is 0 Å². The van der Waals surface area contributed by atoms with Gasteiger partial charge in [0.05, 0.1) is 5.69 Å². The van der Waals surface area contributed by atoms with Crippen LogP contribution in [0.5, 0.6) is 5.75 Å². The topological polar surface area (TPSA) is 32.8 Å². The van der Waals surface area contributed by atoms with Crippen molar-refractivity contribution < 1.29 is 27.1 Å². The van der Waals surface area contributed by atoms with Gasteiger partial charge in [-0.3, -0.25) is 9.69 Å². The average Bonchev–Trinajstić information content (AvgIpc) is 2.89. The van der Waals surface area contributed by atoms with E-state index in [-0.39, 0.29) is 23.3 Å². The number of halogens is 4. The van der Waals surface area contributed by atoms with Gasteiger partial charge in [0.15, 0.2) is 6.61 Å². The predicted octanol–water partition coefficient (Wildman–Crippen LogP) is 6.21. The highest BCUT2D eigenvalue weighted by Crippen LogP contribution is 2.34. The van der Waals surface area contributed by atoms with Crippen molar-refractivity contribution in [3.63, 3.8) is 0 Å². The van der Waals surface area contributed by atoms with Gasteiger partial charge in [-0.25, -0.2) is 4.39 Å². The number of piperazine rings is 1. The molecule has 1 unspecified atom stereocenters. The van der Waals surface area contributed by atoms with Gasteiger partial charge < -0.3 is 9.64 Å². The van der Waals surface area contributed by atoms with Crippen molar-refractivity contribution in [2.24, 2.45) is 5.92 Å². The maximum atomic E-state index is 14.7. The summed E-state index contributed by atoms with van der Waals surface area (Å²) in [6.45, 7) is 2.01. The summed E-state index contributed by atoms with van der Waals surface area (Å²) in [5, 5.41) is 0. The molecule has 36 heavy (non-hydrogen) atoms. The number of nitrogens with zero attached hydrogens (tertiary/aromatic N) is 2. The molecule has 1 aliphatic heterocycles. The summed E-state index contributed by atoms with van der Waals surface area (Å²) < 4.78 is 57.7. The second kappa shape index (κ2) is 12.1. The molecule has 1 heterocycles. The van der Waals surface area contributed by atoms with Crippen LogP contribution in [0.3, 0.4) is 0 Å². The van der Waals surface area contributed by atoms with Gasteiger partial charge >= 0.3 is 6.18 Å². The fourth-order valence-corrected chi connectivity index (χ4v) is 5.40.